The number of phenols is 2. The molecule has 2 N–H and O–H groups in total. The molecule has 2 aromatic carbocycles. The summed E-state index contributed by atoms with van der Waals surface area (Å²) < 4.78 is 0. The number of hydrogen-bond donors (Lipinski definition) is 2. The summed E-state index contributed by atoms with van der Waals surface area (Å²) in [6, 6.07) is 12.9. The van der Waals surface area contributed by atoms with Gasteiger partial charge in [-0.1, -0.05) is 131 Å². The van der Waals surface area contributed by atoms with E-state index in [0.29, 0.717) is 10.0 Å². The second kappa shape index (κ2) is 17.2. The van der Waals surface area contributed by atoms with Crippen LogP contribution in [-0.2, 0) is 26.2 Å². The summed E-state index contributed by atoms with van der Waals surface area (Å²) in [5, 5.41) is 18.6. The fourth-order valence-electron chi connectivity index (χ4n) is 3.86. The van der Waals surface area contributed by atoms with Crippen LogP contribution in [0.1, 0.15) is 95.9 Å². The Bertz CT molecular complexity index is 1150. The molecular weight excluding hydrogens is 651 g/mol. The van der Waals surface area contributed by atoms with Crippen molar-refractivity contribution >= 4 is 23.2 Å². The van der Waals surface area contributed by atoms with E-state index in [-0.39, 0.29) is 59.4 Å². The smallest absolute Gasteiger partial charge is 0.508 e. The number of rotatable bonds is 0. The molecule has 0 saturated carbocycles. The molecule has 0 amide bonds. The average molecular weight is 703 g/mol. The molecule has 234 valence electrons. The monoisotopic (exact) mass is 700 g/mol. The maximum Gasteiger partial charge on any atom is 2.00 e. The molecule has 5 heteroatoms. The normalized spacial score (nSPS) is 14.7. The van der Waals surface area contributed by atoms with Crippen LogP contribution in [0.2, 0.25) is 10.0 Å². The first-order valence-electron chi connectivity index (χ1n) is 14.6. The van der Waals surface area contributed by atoms with E-state index in [2.05, 4.69) is 107 Å². The zero-order valence-corrected chi connectivity index (χ0v) is 32.3. The molecule has 0 fully saturated rings. The van der Waals surface area contributed by atoms with E-state index in [1.807, 2.05) is 0 Å². The van der Waals surface area contributed by atoms with Gasteiger partial charge in [-0.3, -0.25) is 0 Å². The maximum absolute atomic E-state index is 8.73. The fourth-order valence-corrected chi connectivity index (χ4v) is 4.23. The van der Waals surface area contributed by atoms with E-state index < -0.39 is 0 Å². The van der Waals surface area contributed by atoms with Crippen molar-refractivity contribution in [3.63, 3.8) is 0 Å². The summed E-state index contributed by atoms with van der Waals surface area (Å²) in [6.45, 7) is 27.0. The first-order chi connectivity index (χ1) is 19.0. The quantitative estimate of drug-likeness (QED) is 0.268. The minimum atomic E-state index is 0. The van der Waals surface area contributed by atoms with Gasteiger partial charge in [-0.05, 0) is 58.1 Å². The topological polar surface area (TPSA) is 40.5 Å². The maximum atomic E-state index is 8.73. The van der Waals surface area contributed by atoms with Crippen molar-refractivity contribution in [1.29, 1.82) is 0 Å². The third-order valence-electron chi connectivity index (χ3n) is 6.63. The Morgan fingerprint density at radius 3 is 0.977 bits per heavy atom. The van der Waals surface area contributed by atoms with Crippen molar-refractivity contribution in [3.05, 3.63) is 105 Å². The molecule has 0 heterocycles. The summed E-state index contributed by atoms with van der Waals surface area (Å²) >= 11 is 11.0. The van der Waals surface area contributed by atoms with Crippen LogP contribution in [0.5, 0.6) is 11.5 Å². The van der Waals surface area contributed by atoms with Gasteiger partial charge in [0, 0.05) is 10.0 Å². The van der Waals surface area contributed by atoms with E-state index in [4.69, 9.17) is 33.4 Å². The number of aromatic hydroxyl groups is 2. The van der Waals surface area contributed by atoms with E-state index in [0.717, 1.165) is 12.8 Å². The van der Waals surface area contributed by atoms with Crippen LogP contribution >= 0.6 is 23.2 Å². The molecule has 2 aromatic rings. The minimum absolute atomic E-state index is 0. The van der Waals surface area contributed by atoms with Crippen molar-refractivity contribution in [1.82, 2.24) is 0 Å². The van der Waals surface area contributed by atoms with Gasteiger partial charge in [-0.2, -0.15) is 11.1 Å². The Morgan fingerprint density at radius 1 is 0.535 bits per heavy atom. The largest absolute Gasteiger partial charge is 2.00 e. The van der Waals surface area contributed by atoms with Crippen molar-refractivity contribution in [2.24, 2.45) is 21.7 Å². The molecule has 2 aliphatic carbocycles. The van der Waals surface area contributed by atoms with E-state index in [1.165, 1.54) is 34.4 Å². The first kappa shape index (κ1) is 41.5. The van der Waals surface area contributed by atoms with Gasteiger partial charge in [0.1, 0.15) is 11.5 Å². The van der Waals surface area contributed by atoms with E-state index >= 15 is 0 Å². The molecule has 0 aromatic heterocycles. The van der Waals surface area contributed by atoms with Crippen molar-refractivity contribution in [2.45, 2.75) is 95.9 Å². The van der Waals surface area contributed by atoms with Gasteiger partial charge in [0.2, 0.25) is 0 Å². The number of hydrogen-bond acceptors (Lipinski definition) is 2. The molecule has 0 atom stereocenters. The van der Waals surface area contributed by atoms with Crippen molar-refractivity contribution < 1.29 is 36.4 Å². The third kappa shape index (κ3) is 16.4. The fraction of sp³-hybridized carbons (Fsp3) is 0.474. The van der Waals surface area contributed by atoms with Gasteiger partial charge >= 0.3 is 26.2 Å². The van der Waals surface area contributed by atoms with E-state index in [9.17, 15) is 0 Å². The molecule has 0 bridgehead atoms. The second-order valence-electron chi connectivity index (χ2n) is 14.8. The van der Waals surface area contributed by atoms with Crippen molar-refractivity contribution in [3.8, 4) is 11.5 Å². The number of allylic oxidation sites excluding steroid dienone is 8. The predicted octanol–water partition coefficient (Wildman–Crippen LogP) is 12.4. The van der Waals surface area contributed by atoms with Crippen LogP contribution in [0.25, 0.3) is 0 Å². The molecule has 4 rings (SSSR count). The number of halogens is 2. The molecule has 2 aliphatic rings. The minimum Gasteiger partial charge on any atom is -0.508 e. The van der Waals surface area contributed by atoms with Gasteiger partial charge in [0.05, 0.1) is 0 Å². The summed E-state index contributed by atoms with van der Waals surface area (Å²) in [4.78, 5) is 0. The Kier molecular flexibility index (Phi) is 16.6. The summed E-state index contributed by atoms with van der Waals surface area (Å²) in [5.74, 6) is 0.412. The zero-order chi connectivity index (χ0) is 32.5. The predicted molar refractivity (Wildman–Crippen MR) is 183 cm³/mol. The van der Waals surface area contributed by atoms with Gasteiger partial charge in [0.25, 0.3) is 0 Å². The van der Waals surface area contributed by atoms with Crippen molar-refractivity contribution in [2.75, 3.05) is 0 Å². The van der Waals surface area contributed by atoms with E-state index in [1.54, 1.807) is 36.4 Å². The standard InChI is InChI=1S/2C13H21.2C6H5ClO.Zr/c2*1-12(2,3)10-7-8-11(9-10)13(4,5)6;2*7-5-2-1-3-6(8)4-5;/h2*7H,8H2,1-6H3;2*1-4,8H;/q2*-1;;;+2. The number of benzene rings is 2. The molecule has 0 radical (unpaired) electrons. The van der Waals surface area contributed by atoms with Crippen LogP contribution in [0.15, 0.2) is 83.0 Å². The molecule has 2 nitrogen and oxygen atoms in total. The second-order valence-corrected chi connectivity index (χ2v) is 15.7. The van der Waals surface area contributed by atoms with Gasteiger partial charge < -0.3 is 10.2 Å². The SMILES string of the molecule is CC(C)(C)C1=[C-]C(C(C)(C)C)=CC1.CC(C)(C)C1=[C-]C(C(C)(C)C)=CC1.Oc1cccc(Cl)c1.Oc1cccc(Cl)c1.[Zr+2]. The number of phenolic OH excluding ortho intramolecular Hbond substituents is 2. The third-order valence-corrected chi connectivity index (χ3v) is 7.11. The summed E-state index contributed by atoms with van der Waals surface area (Å²) in [7, 11) is 0. The molecule has 0 aliphatic heterocycles. The molecule has 43 heavy (non-hydrogen) atoms. The Balaban J connectivity index is 0.000000556. The van der Waals surface area contributed by atoms with Crippen LogP contribution in [0.4, 0.5) is 0 Å². The summed E-state index contributed by atoms with van der Waals surface area (Å²) in [5.41, 5.74) is 6.71. The Morgan fingerprint density at radius 2 is 0.837 bits per heavy atom. The average Bonchev–Trinajstić information content (AvgIpc) is 3.50. The molecule has 0 saturated heterocycles. The van der Waals surface area contributed by atoms with Gasteiger partial charge in [0.15, 0.2) is 0 Å². The van der Waals surface area contributed by atoms with Crippen LogP contribution in [-0.4, -0.2) is 10.2 Å². The van der Waals surface area contributed by atoms with Crippen LogP contribution < -0.4 is 0 Å². The first-order valence-corrected chi connectivity index (χ1v) is 15.3. The Hall–Kier alpha value is -1.54. The zero-order valence-electron chi connectivity index (χ0n) is 28.3. The van der Waals surface area contributed by atoms with Gasteiger partial charge in [-0.25, -0.2) is 35.5 Å². The summed E-state index contributed by atoms with van der Waals surface area (Å²) in [6.07, 6.45) is 13.9. The molecular formula is C38H52Cl2O2Zr. The van der Waals surface area contributed by atoms with Crippen LogP contribution in [0.3, 0.4) is 0 Å². The van der Waals surface area contributed by atoms with Gasteiger partial charge in [-0.15, -0.1) is 0 Å². The molecule has 0 spiro atoms. The van der Waals surface area contributed by atoms with Crippen LogP contribution in [0, 0.1) is 33.8 Å². The molecule has 0 unspecified atom stereocenters. The Labute approximate surface area is 292 Å².